The highest BCUT2D eigenvalue weighted by molar-refractivity contribution is 6.39. The minimum Gasteiger partial charge on any atom is -0.347 e. The summed E-state index contributed by atoms with van der Waals surface area (Å²) in [6.07, 6.45) is 0. The summed E-state index contributed by atoms with van der Waals surface area (Å²) < 4.78 is 0. The average Bonchev–Trinajstić information content (AvgIpc) is 2.47. The Morgan fingerprint density at radius 3 is 2.43 bits per heavy atom. The molecule has 0 bridgehead atoms. The van der Waals surface area contributed by atoms with Gasteiger partial charge in [-0.15, -0.1) is 0 Å². The molecule has 1 aromatic carbocycles. The highest BCUT2D eigenvalue weighted by Gasteiger charge is 2.13. The number of carbonyl (C=O) groups is 2. The Hall–Kier alpha value is -1.59. The summed E-state index contributed by atoms with van der Waals surface area (Å²) in [5.74, 6) is -1.33. The van der Waals surface area contributed by atoms with Crippen molar-refractivity contribution >= 4 is 29.1 Å². The van der Waals surface area contributed by atoms with Gasteiger partial charge < -0.3 is 15.5 Å². The normalized spacial score (nSPS) is 10.5. The van der Waals surface area contributed by atoms with Gasteiger partial charge in [0.25, 0.3) is 0 Å². The summed E-state index contributed by atoms with van der Waals surface area (Å²) in [6, 6.07) is 5.12. The average molecular weight is 312 g/mol. The molecule has 0 unspecified atom stereocenters. The van der Waals surface area contributed by atoms with Crippen LogP contribution in [-0.4, -0.2) is 42.9 Å². The predicted octanol–water partition coefficient (Wildman–Crippen LogP) is 2.04. The van der Waals surface area contributed by atoms with E-state index in [0.29, 0.717) is 17.3 Å². The molecule has 2 N–H and O–H groups in total. The number of nitrogens with zero attached hydrogens (tertiary/aromatic N) is 1. The molecule has 2 amide bonds. The first-order chi connectivity index (χ1) is 9.97. The predicted molar refractivity (Wildman–Crippen MR) is 85.6 cm³/mol. The van der Waals surface area contributed by atoms with Crippen molar-refractivity contribution in [1.29, 1.82) is 0 Å². The topological polar surface area (TPSA) is 61.4 Å². The first-order valence-corrected chi connectivity index (χ1v) is 7.43. The third-order valence-corrected chi connectivity index (χ3v) is 3.65. The molecule has 0 aromatic heterocycles. The molecule has 0 saturated heterocycles. The Labute approximate surface area is 130 Å². The van der Waals surface area contributed by atoms with Crippen LogP contribution in [0, 0.1) is 6.92 Å². The molecular formula is C15H22ClN3O2. The molecule has 0 atom stereocenters. The molecular weight excluding hydrogens is 290 g/mol. The van der Waals surface area contributed by atoms with E-state index in [1.165, 1.54) is 0 Å². The molecule has 0 aliphatic carbocycles. The number of benzene rings is 1. The van der Waals surface area contributed by atoms with E-state index in [1.807, 2.05) is 6.92 Å². The van der Waals surface area contributed by atoms with Crippen LogP contribution in [0.2, 0.25) is 5.02 Å². The molecule has 116 valence electrons. The molecule has 1 aromatic rings. The molecule has 0 fully saturated rings. The SMILES string of the molecule is CCN(CC)CCNC(=O)C(=O)Nc1ccc(C)c(Cl)c1. The van der Waals surface area contributed by atoms with Crippen molar-refractivity contribution in [3.63, 3.8) is 0 Å². The molecule has 21 heavy (non-hydrogen) atoms. The van der Waals surface area contributed by atoms with Crippen LogP contribution in [0.4, 0.5) is 5.69 Å². The summed E-state index contributed by atoms with van der Waals surface area (Å²) >= 11 is 5.97. The number of nitrogens with one attached hydrogen (secondary N) is 2. The van der Waals surface area contributed by atoms with Crippen LogP contribution in [0.5, 0.6) is 0 Å². The summed E-state index contributed by atoms with van der Waals surface area (Å²) in [7, 11) is 0. The lowest BCUT2D eigenvalue weighted by molar-refractivity contribution is -0.136. The molecule has 0 radical (unpaired) electrons. The molecule has 6 heteroatoms. The lowest BCUT2D eigenvalue weighted by atomic mass is 10.2. The highest BCUT2D eigenvalue weighted by Crippen LogP contribution is 2.19. The number of carbonyl (C=O) groups excluding carboxylic acids is 2. The van der Waals surface area contributed by atoms with Crippen LogP contribution in [0.25, 0.3) is 0 Å². The standard InChI is InChI=1S/C15H22ClN3O2/c1-4-19(5-2)9-8-17-14(20)15(21)18-12-7-6-11(3)13(16)10-12/h6-7,10H,4-5,8-9H2,1-3H3,(H,17,20)(H,18,21). The molecule has 1 rings (SSSR count). The van der Waals surface area contributed by atoms with Gasteiger partial charge >= 0.3 is 11.8 Å². The fraction of sp³-hybridized carbons (Fsp3) is 0.467. The molecule has 5 nitrogen and oxygen atoms in total. The number of amides is 2. The minimum atomic E-state index is -0.686. The third-order valence-electron chi connectivity index (χ3n) is 3.24. The van der Waals surface area contributed by atoms with Gasteiger partial charge in [0, 0.05) is 23.8 Å². The zero-order valence-corrected chi connectivity index (χ0v) is 13.5. The van der Waals surface area contributed by atoms with Crippen molar-refractivity contribution in [3.8, 4) is 0 Å². The second kappa shape index (κ2) is 8.64. The van der Waals surface area contributed by atoms with Crippen LogP contribution in [-0.2, 0) is 9.59 Å². The van der Waals surface area contributed by atoms with E-state index in [2.05, 4.69) is 29.4 Å². The molecule has 0 aliphatic heterocycles. The van der Waals surface area contributed by atoms with Crippen LogP contribution >= 0.6 is 11.6 Å². The van der Waals surface area contributed by atoms with E-state index < -0.39 is 11.8 Å². The van der Waals surface area contributed by atoms with Gasteiger partial charge in [-0.3, -0.25) is 9.59 Å². The van der Waals surface area contributed by atoms with Crippen LogP contribution in [0.1, 0.15) is 19.4 Å². The smallest absolute Gasteiger partial charge is 0.313 e. The van der Waals surface area contributed by atoms with Crippen molar-refractivity contribution in [1.82, 2.24) is 10.2 Å². The second-order valence-electron chi connectivity index (χ2n) is 4.70. The van der Waals surface area contributed by atoms with E-state index in [4.69, 9.17) is 11.6 Å². The fourth-order valence-corrected chi connectivity index (χ4v) is 1.99. The van der Waals surface area contributed by atoms with Crippen molar-refractivity contribution in [2.24, 2.45) is 0 Å². The Bertz CT molecular complexity index is 502. The zero-order chi connectivity index (χ0) is 15.8. The highest BCUT2D eigenvalue weighted by atomic mass is 35.5. The van der Waals surface area contributed by atoms with Crippen molar-refractivity contribution < 1.29 is 9.59 Å². The zero-order valence-electron chi connectivity index (χ0n) is 12.7. The molecule has 0 spiro atoms. The van der Waals surface area contributed by atoms with Crippen molar-refractivity contribution in [2.75, 3.05) is 31.5 Å². The maximum Gasteiger partial charge on any atom is 0.313 e. The van der Waals surface area contributed by atoms with E-state index in [0.717, 1.165) is 25.2 Å². The van der Waals surface area contributed by atoms with E-state index >= 15 is 0 Å². The quantitative estimate of drug-likeness (QED) is 0.790. The van der Waals surface area contributed by atoms with Crippen molar-refractivity contribution in [2.45, 2.75) is 20.8 Å². The number of rotatable bonds is 6. The summed E-state index contributed by atoms with van der Waals surface area (Å²) in [5.41, 5.74) is 1.42. The number of hydrogen-bond acceptors (Lipinski definition) is 3. The first-order valence-electron chi connectivity index (χ1n) is 7.05. The van der Waals surface area contributed by atoms with Gasteiger partial charge in [0.05, 0.1) is 0 Å². The Morgan fingerprint density at radius 2 is 1.86 bits per heavy atom. The largest absolute Gasteiger partial charge is 0.347 e. The number of likely N-dealkylation sites (N-methyl/N-ethyl adjacent to an activating group) is 1. The van der Waals surface area contributed by atoms with E-state index in [1.54, 1.807) is 18.2 Å². The van der Waals surface area contributed by atoms with Crippen molar-refractivity contribution in [3.05, 3.63) is 28.8 Å². The number of halogens is 1. The Kier molecular flexibility index (Phi) is 7.19. The van der Waals surface area contributed by atoms with Crippen LogP contribution in [0.3, 0.4) is 0 Å². The maximum atomic E-state index is 11.7. The van der Waals surface area contributed by atoms with Gasteiger partial charge in [-0.1, -0.05) is 31.5 Å². The Morgan fingerprint density at radius 1 is 1.19 bits per heavy atom. The molecule has 0 aliphatic rings. The van der Waals surface area contributed by atoms with E-state index in [-0.39, 0.29) is 0 Å². The van der Waals surface area contributed by atoms with Gasteiger partial charge in [-0.05, 0) is 37.7 Å². The lowest BCUT2D eigenvalue weighted by Crippen LogP contribution is -2.40. The summed E-state index contributed by atoms with van der Waals surface area (Å²) in [6.45, 7) is 8.98. The van der Waals surface area contributed by atoms with Gasteiger partial charge in [-0.25, -0.2) is 0 Å². The molecule has 0 heterocycles. The Balaban J connectivity index is 2.44. The monoisotopic (exact) mass is 311 g/mol. The second-order valence-corrected chi connectivity index (χ2v) is 5.11. The van der Waals surface area contributed by atoms with Crippen LogP contribution in [0.15, 0.2) is 18.2 Å². The number of hydrogen-bond donors (Lipinski definition) is 2. The number of aryl methyl sites for hydroxylation is 1. The molecule has 0 saturated carbocycles. The lowest BCUT2D eigenvalue weighted by Gasteiger charge is -2.17. The van der Waals surface area contributed by atoms with Crippen LogP contribution < -0.4 is 10.6 Å². The van der Waals surface area contributed by atoms with Gasteiger partial charge in [0.15, 0.2) is 0 Å². The number of anilines is 1. The van der Waals surface area contributed by atoms with E-state index in [9.17, 15) is 9.59 Å². The fourth-order valence-electron chi connectivity index (χ4n) is 1.81. The maximum absolute atomic E-state index is 11.7. The van der Waals surface area contributed by atoms with Gasteiger partial charge in [-0.2, -0.15) is 0 Å². The first kappa shape index (κ1) is 17.5. The minimum absolute atomic E-state index is 0.447. The van der Waals surface area contributed by atoms with Gasteiger partial charge in [0.1, 0.15) is 0 Å². The van der Waals surface area contributed by atoms with Gasteiger partial charge in [0.2, 0.25) is 0 Å². The third kappa shape index (κ3) is 5.73. The summed E-state index contributed by atoms with van der Waals surface area (Å²) in [4.78, 5) is 25.6. The summed E-state index contributed by atoms with van der Waals surface area (Å²) in [5, 5.41) is 5.68.